The molecule has 5 nitrogen and oxygen atoms in total. The molecular weight excluding hydrogens is 222 g/mol. The van der Waals surface area contributed by atoms with Gasteiger partial charge in [-0.1, -0.05) is 12.8 Å². The maximum atomic E-state index is 10.9. The van der Waals surface area contributed by atoms with Crippen LogP contribution in [0.3, 0.4) is 0 Å². The molecule has 0 aromatic carbocycles. The van der Waals surface area contributed by atoms with Gasteiger partial charge in [0.25, 0.3) is 0 Å². The van der Waals surface area contributed by atoms with Gasteiger partial charge in [-0.2, -0.15) is 0 Å². The lowest BCUT2D eigenvalue weighted by Gasteiger charge is -2.24. The lowest BCUT2D eigenvalue weighted by atomic mass is 9.97. The van der Waals surface area contributed by atoms with Crippen LogP contribution in [0.5, 0.6) is 0 Å². The van der Waals surface area contributed by atoms with Crippen LogP contribution in [-0.2, 0) is 14.3 Å². The Morgan fingerprint density at radius 3 is 2.76 bits per heavy atom. The molecule has 0 bridgehead atoms. The van der Waals surface area contributed by atoms with Gasteiger partial charge in [0.2, 0.25) is 6.41 Å². The van der Waals surface area contributed by atoms with E-state index in [4.69, 9.17) is 9.84 Å². The Morgan fingerprint density at radius 2 is 2.18 bits per heavy atom. The summed E-state index contributed by atoms with van der Waals surface area (Å²) in [7, 11) is 0. The lowest BCUT2D eigenvalue weighted by molar-refractivity contribution is -0.142. The number of carbonyl (C=O) groups excluding carboxylic acids is 1. The molecule has 0 radical (unpaired) electrons. The molecule has 0 aromatic rings. The Kier molecular flexibility index (Phi) is 3.66. The van der Waals surface area contributed by atoms with Crippen LogP contribution in [-0.4, -0.2) is 35.2 Å². The lowest BCUT2D eigenvalue weighted by Crippen LogP contribution is -2.39. The molecule has 2 unspecified atom stereocenters. The average Bonchev–Trinajstić information content (AvgIpc) is 2.89. The van der Waals surface area contributed by atoms with Gasteiger partial charge in [-0.3, -0.25) is 4.79 Å². The van der Waals surface area contributed by atoms with Crippen molar-refractivity contribution in [2.75, 3.05) is 0 Å². The van der Waals surface area contributed by atoms with Crippen molar-refractivity contribution in [1.29, 1.82) is 0 Å². The highest BCUT2D eigenvalue weighted by Gasteiger charge is 2.43. The first-order valence-corrected chi connectivity index (χ1v) is 6.25. The van der Waals surface area contributed by atoms with Crippen LogP contribution < -0.4 is 5.32 Å². The van der Waals surface area contributed by atoms with Crippen molar-refractivity contribution >= 4 is 12.4 Å². The second-order valence-electron chi connectivity index (χ2n) is 5.08. The van der Waals surface area contributed by atoms with Gasteiger partial charge in [-0.25, -0.2) is 4.79 Å². The third-order valence-electron chi connectivity index (χ3n) is 3.92. The summed E-state index contributed by atoms with van der Waals surface area (Å²) < 4.78 is 6.02. The second kappa shape index (κ2) is 5.04. The molecule has 2 aliphatic rings. The van der Waals surface area contributed by atoms with E-state index in [9.17, 15) is 9.59 Å². The number of rotatable bonds is 5. The minimum atomic E-state index is -0.993. The first kappa shape index (κ1) is 12.4. The molecule has 1 saturated carbocycles. The highest BCUT2D eigenvalue weighted by Crippen LogP contribution is 2.44. The molecule has 0 aromatic heterocycles. The number of carbonyl (C=O) groups is 2. The van der Waals surface area contributed by atoms with E-state index in [0.717, 1.165) is 25.7 Å². The Labute approximate surface area is 101 Å². The monoisotopic (exact) mass is 241 g/mol. The molecule has 1 aliphatic carbocycles. The summed E-state index contributed by atoms with van der Waals surface area (Å²) in [5.41, 5.74) is 0.0227. The van der Waals surface area contributed by atoms with Gasteiger partial charge in [-0.15, -0.1) is 0 Å². The van der Waals surface area contributed by atoms with Gasteiger partial charge in [0, 0.05) is 6.42 Å². The number of hydrogen-bond donors (Lipinski definition) is 2. The van der Waals surface area contributed by atoms with Crippen LogP contribution in [0.25, 0.3) is 0 Å². The van der Waals surface area contributed by atoms with Crippen molar-refractivity contribution in [2.24, 2.45) is 0 Å². The molecule has 2 atom stereocenters. The van der Waals surface area contributed by atoms with E-state index >= 15 is 0 Å². The summed E-state index contributed by atoms with van der Waals surface area (Å²) >= 11 is 0. The van der Waals surface area contributed by atoms with Crippen molar-refractivity contribution in [3.05, 3.63) is 0 Å². The number of hydrogen-bond acceptors (Lipinski definition) is 3. The molecule has 1 amide bonds. The predicted molar refractivity (Wildman–Crippen MR) is 60.5 cm³/mol. The van der Waals surface area contributed by atoms with Gasteiger partial charge in [0.05, 0.1) is 11.7 Å². The summed E-state index contributed by atoms with van der Waals surface area (Å²) in [5.74, 6) is -0.993. The summed E-state index contributed by atoms with van der Waals surface area (Å²) in [5, 5.41) is 11.3. The molecule has 96 valence electrons. The topological polar surface area (TPSA) is 75.6 Å². The van der Waals surface area contributed by atoms with Crippen LogP contribution >= 0.6 is 0 Å². The van der Waals surface area contributed by atoms with Gasteiger partial charge in [0.1, 0.15) is 6.04 Å². The molecule has 2 rings (SSSR count). The molecule has 1 aliphatic heterocycles. The molecule has 1 heterocycles. The zero-order valence-electron chi connectivity index (χ0n) is 9.85. The van der Waals surface area contributed by atoms with Crippen LogP contribution in [0, 0.1) is 0 Å². The fourth-order valence-electron chi connectivity index (χ4n) is 3.03. The maximum Gasteiger partial charge on any atom is 0.326 e. The van der Waals surface area contributed by atoms with Crippen LogP contribution in [0.15, 0.2) is 0 Å². The minimum absolute atomic E-state index is 0.0227. The average molecular weight is 241 g/mol. The van der Waals surface area contributed by atoms with Gasteiger partial charge >= 0.3 is 5.97 Å². The zero-order chi connectivity index (χ0) is 12.3. The Bertz CT molecular complexity index is 299. The summed E-state index contributed by atoms with van der Waals surface area (Å²) in [6.45, 7) is 0. The Morgan fingerprint density at radius 1 is 1.47 bits per heavy atom. The number of carboxylic acid groups (broad SMARTS) is 1. The zero-order valence-corrected chi connectivity index (χ0v) is 9.85. The first-order chi connectivity index (χ1) is 8.15. The Balaban J connectivity index is 1.87. The van der Waals surface area contributed by atoms with Gasteiger partial charge in [-0.05, 0) is 25.7 Å². The number of aliphatic carboxylic acids is 1. The van der Waals surface area contributed by atoms with Crippen molar-refractivity contribution in [2.45, 2.75) is 62.7 Å². The van der Waals surface area contributed by atoms with E-state index in [1.807, 2.05) is 0 Å². The molecular formula is C12H19NO4. The number of amides is 1. The van der Waals surface area contributed by atoms with Gasteiger partial charge in [0.15, 0.2) is 0 Å². The minimum Gasteiger partial charge on any atom is -0.480 e. The largest absolute Gasteiger partial charge is 0.480 e. The normalized spacial score (nSPS) is 28.1. The fourth-order valence-corrected chi connectivity index (χ4v) is 3.03. The third kappa shape index (κ3) is 2.77. The standard InChI is InChI=1S/C12H19NO4/c14-8-13-10(11(15)16)7-9-3-6-12(17-9)4-1-2-5-12/h8-10H,1-7H2,(H,13,14)(H,15,16). The maximum absolute atomic E-state index is 10.9. The predicted octanol–water partition coefficient (Wildman–Crippen LogP) is 1.07. The third-order valence-corrected chi connectivity index (χ3v) is 3.92. The molecule has 5 heteroatoms. The van der Waals surface area contributed by atoms with E-state index in [0.29, 0.717) is 12.8 Å². The van der Waals surface area contributed by atoms with Crippen molar-refractivity contribution in [3.63, 3.8) is 0 Å². The molecule has 2 N–H and O–H groups in total. The van der Waals surface area contributed by atoms with Crippen molar-refractivity contribution in [3.8, 4) is 0 Å². The second-order valence-corrected chi connectivity index (χ2v) is 5.08. The van der Waals surface area contributed by atoms with Crippen molar-refractivity contribution < 1.29 is 19.4 Å². The van der Waals surface area contributed by atoms with E-state index in [-0.39, 0.29) is 11.7 Å². The van der Waals surface area contributed by atoms with Crippen molar-refractivity contribution in [1.82, 2.24) is 5.32 Å². The molecule has 17 heavy (non-hydrogen) atoms. The molecule has 1 spiro atoms. The molecule has 1 saturated heterocycles. The van der Waals surface area contributed by atoms with E-state index in [1.54, 1.807) is 0 Å². The van der Waals surface area contributed by atoms with E-state index in [1.165, 1.54) is 12.8 Å². The highest BCUT2D eigenvalue weighted by atomic mass is 16.5. The van der Waals surface area contributed by atoms with E-state index < -0.39 is 12.0 Å². The van der Waals surface area contributed by atoms with E-state index in [2.05, 4.69) is 5.32 Å². The van der Waals surface area contributed by atoms with Crippen LogP contribution in [0.1, 0.15) is 44.9 Å². The SMILES string of the molecule is O=CNC(CC1CCC2(CCCC2)O1)C(=O)O. The Hall–Kier alpha value is -1.10. The van der Waals surface area contributed by atoms with Crippen LogP contribution in [0.2, 0.25) is 0 Å². The number of carboxylic acids is 1. The summed E-state index contributed by atoms with van der Waals surface area (Å²) in [6, 6.07) is -0.825. The highest BCUT2D eigenvalue weighted by molar-refractivity contribution is 5.76. The number of ether oxygens (including phenoxy) is 1. The van der Waals surface area contributed by atoms with Crippen LogP contribution in [0.4, 0.5) is 0 Å². The summed E-state index contributed by atoms with van der Waals surface area (Å²) in [6.07, 6.45) is 7.35. The quantitative estimate of drug-likeness (QED) is 0.706. The summed E-state index contributed by atoms with van der Waals surface area (Å²) in [4.78, 5) is 21.2. The first-order valence-electron chi connectivity index (χ1n) is 6.25. The smallest absolute Gasteiger partial charge is 0.326 e. The fraction of sp³-hybridized carbons (Fsp3) is 0.833. The number of nitrogens with one attached hydrogen (secondary N) is 1. The van der Waals surface area contributed by atoms with Gasteiger partial charge < -0.3 is 15.2 Å². The molecule has 2 fully saturated rings.